The number of esters is 1. The van der Waals surface area contributed by atoms with Gasteiger partial charge in [0.2, 0.25) is 11.8 Å². The second-order valence-electron chi connectivity index (χ2n) is 8.20. The quantitative estimate of drug-likeness (QED) is 0.347. The molecule has 2 saturated carbocycles. The zero-order valence-electron chi connectivity index (χ0n) is 15.4. The van der Waals surface area contributed by atoms with Crippen molar-refractivity contribution in [2.75, 3.05) is 4.90 Å². The number of ether oxygens (including phenoxy) is 1. The van der Waals surface area contributed by atoms with E-state index in [1.165, 1.54) is 23.0 Å². The van der Waals surface area contributed by atoms with Crippen molar-refractivity contribution in [3.05, 3.63) is 35.4 Å². The fraction of sp³-hybridized carbons (Fsp3) is 0.500. The van der Waals surface area contributed by atoms with Crippen LogP contribution in [-0.2, 0) is 14.4 Å². The molecule has 3 aliphatic carbocycles. The van der Waals surface area contributed by atoms with Crippen molar-refractivity contribution in [3.8, 4) is 5.75 Å². The maximum atomic E-state index is 13.3. The molecule has 0 N–H and O–H groups in total. The Morgan fingerprint density at radius 1 is 0.926 bits per heavy atom. The van der Waals surface area contributed by atoms with Gasteiger partial charge < -0.3 is 4.74 Å². The third-order valence-electron chi connectivity index (χ3n) is 6.85. The van der Waals surface area contributed by atoms with E-state index < -0.39 is 5.97 Å². The molecule has 1 saturated heterocycles. The fourth-order valence-corrected chi connectivity index (χ4v) is 5.98. The molecule has 3 fully saturated rings. The van der Waals surface area contributed by atoms with Crippen molar-refractivity contribution in [1.82, 2.24) is 0 Å². The van der Waals surface area contributed by atoms with Crippen LogP contribution in [0.2, 0.25) is 0 Å². The summed E-state index contributed by atoms with van der Waals surface area (Å²) in [6, 6.07) is 6.67. The van der Waals surface area contributed by atoms with Gasteiger partial charge in [-0.3, -0.25) is 19.3 Å². The van der Waals surface area contributed by atoms with Gasteiger partial charge in [-0.1, -0.05) is 11.1 Å². The van der Waals surface area contributed by atoms with Crippen molar-refractivity contribution < 1.29 is 19.1 Å². The number of hydrogen-bond donors (Lipinski definition) is 0. The van der Waals surface area contributed by atoms with Crippen LogP contribution >= 0.6 is 0 Å². The summed E-state index contributed by atoms with van der Waals surface area (Å²) in [5, 5.41) is 0. The average molecular weight is 365 g/mol. The first-order valence-corrected chi connectivity index (χ1v) is 9.94. The molecule has 2 amide bonds. The van der Waals surface area contributed by atoms with Gasteiger partial charge in [-0.15, -0.1) is 0 Å². The summed E-state index contributed by atoms with van der Waals surface area (Å²) in [6.07, 6.45) is 6.56. The minimum Gasteiger partial charge on any atom is -0.427 e. The summed E-state index contributed by atoms with van der Waals surface area (Å²) >= 11 is 0. The Hall–Kier alpha value is -2.43. The van der Waals surface area contributed by atoms with Crippen molar-refractivity contribution in [2.24, 2.45) is 23.7 Å². The molecule has 27 heavy (non-hydrogen) atoms. The van der Waals surface area contributed by atoms with E-state index >= 15 is 0 Å². The number of amides is 2. The number of benzene rings is 1. The molecule has 0 radical (unpaired) electrons. The molecule has 0 aromatic heterocycles. The lowest BCUT2D eigenvalue weighted by Crippen LogP contribution is -2.35. The van der Waals surface area contributed by atoms with Gasteiger partial charge in [0.1, 0.15) is 5.75 Å². The van der Waals surface area contributed by atoms with Crippen LogP contribution in [0, 0.1) is 23.7 Å². The van der Waals surface area contributed by atoms with Crippen molar-refractivity contribution in [3.63, 3.8) is 0 Å². The summed E-state index contributed by atoms with van der Waals surface area (Å²) in [7, 11) is 0. The Morgan fingerprint density at radius 2 is 1.44 bits per heavy atom. The second kappa shape index (κ2) is 6.04. The molecule has 0 bridgehead atoms. The number of carbonyl (C=O) groups excluding carboxylic acids is 3. The van der Waals surface area contributed by atoms with Crippen LogP contribution in [0.15, 0.2) is 35.4 Å². The van der Waals surface area contributed by atoms with E-state index in [9.17, 15) is 14.4 Å². The van der Waals surface area contributed by atoms with E-state index in [4.69, 9.17) is 4.74 Å². The monoisotopic (exact) mass is 365 g/mol. The molecule has 5 nitrogen and oxygen atoms in total. The highest BCUT2D eigenvalue weighted by Gasteiger charge is 2.59. The largest absolute Gasteiger partial charge is 0.427 e. The summed E-state index contributed by atoms with van der Waals surface area (Å²) in [6.45, 7) is 1.34. The Bertz CT molecular complexity index is 827. The van der Waals surface area contributed by atoms with Crippen LogP contribution in [0.4, 0.5) is 5.69 Å². The SMILES string of the molecule is CC(=O)Oc1ccc(N2C(=O)[C@@H]3[C@H](C2=O)[C@@H]2CCCC2=C2CCC[C@@H]23)cc1. The van der Waals surface area contributed by atoms with Gasteiger partial charge in [0.15, 0.2) is 0 Å². The van der Waals surface area contributed by atoms with E-state index in [2.05, 4.69) is 0 Å². The van der Waals surface area contributed by atoms with E-state index in [1.807, 2.05) is 0 Å². The normalized spacial score (nSPS) is 31.8. The van der Waals surface area contributed by atoms with Gasteiger partial charge in [0.25, 0.3) is 0 Å². The number of rotatable bonds is 2. The standard InChI is InChI=1S/C22H23NO4/c1-12(24)27-14-10-8-13(9-11-14)23-21(25)19-17-6-2-4-15(17)16-5-3-7-18(16)20(19)22(23)26/h8-11,17-20H,2-7H2,1H3/t17-,18+,19-,20+. The highest BCUT2D eigenvalue weighted by Crippen LogP contribution is 2.57. The van der Waals surface area contributed by atoms with Crippen LogP contribution in [0.25, 0.3) is 0 Å². The molecule has 0 unspecified atom stereocenters. The number of imide groups is 1. The predicted octanol–water partition coefficient (Wildman–Crippen LogP) is 3.63. The predicted molar refractivity (Wildman–Crippen MR) is 98.9 cm³/mol. The Labute approximate surface area is 158 Å². The van der Waals surface area contributed by atoms with Crippen LogP contribution in [-0.4, -0.2) is 17.8 Å². The number of anilines is 1. The lowest BCUT2D eigenvalue weighted by molar-refractivity contribution is -0.132. The van der Waals surface area contributed by atoms with E-state index in [-0.39, 0.29) is 35.5 Å². The van der Waals surface area contributed by atoms with Gasteiger partial charge in [0.05, 0.1) is 17.5 Å². The first kappa shape index (κ1) is 16.7. The fourth-order valence-electron chi connectivity index (χ4n) is 5.98. The van der Waals surface area contributed by atoms with Crippen molar-refractivity contribution in [1.29, 1.82) is 0 Å². The average Bonchev–Trinajstić information content (AvgIpc) is 3.33. The van der Waals surface area contributed by atoms with Crippen LogP contribution in [0.5, 0.6) is 5.75 Å². The van der Waals surface area contributed by atoms with Crippen LogP contribution in [0.3, 0.4) is 0 Å². The van der Waals surface area contributed by atoms with Crippen LogP contribution < -0.4 is 9.64 Å². The number of allylic oxidation sites excluding steroid dienone is 2. The molecule has 4 atom stereocenters. The molecule has 5 rings (SSSR count). The molecule has 4 aliphatic rings. The molecule has 140 valence electrons. The van der Waals surface area contributed by atoms with E-state index in [0.29, 0.717) is 11.4 Å². The summed E-state index contributed by atoms with van der Waals surface area (Å²) < 4.78 is 5.06. The number of fused-ring (bicyclic) bond motifs is 5. The third-order valence-corrected chi connectivity index (χ3v) is 6.85. The van der Waals surface area contributed by atoms with Crippen LogP contribution in [0.1, 0.15) is 45.4 Å². The Kier molecular flexibility index (Phi) is 3.74. The molecular formula is C22H23NO4. The van der Waals surface area contributed by atoms with Crippen molar-refractivity contribution in [2.45, 2.75) is 45.4 Å². The van der Waals surface area contributed by atoms with E-state index in [1.54, 1.807) is 24.3 Å². The van der Waals surface area contributed by atoms with Gasteiger partial charge in [-0.2, -0.15) is 0 Å². The molecule has 5 heteroatoms. The number of hydrogen-bond acceptors (Lipinski definition) is 4. The van der Waals surface area contributed by atoms with Gasteiger partial charge in [0, 0.05) is 6.92 Å². The Morgan fingerprint density at radius 3 is 1.93 bits per heavy atom. The zero-order chi connectivity index (χ0) is 18.7. The molecule has 1 aromatic rings. The maximum absolute atomic E-state index is 13.3. The summed E-state index contributed by atoms with van der Waals surface area (Å²) in [5.41, 5.74) is 3.59. The minimum atomic E-state index is -0.393. The zero-order valence-corrected chi connectivity index (χ0v) is 15.4. The molecule has 1 heterocycles. The molecule has 1 aromatic carbocycles. The molecule has 0 spiro atoms. The molecular weight excluding hydrogens is 342 g/mol. The second-order valence-corrected chi connectivity index (χ2v) is 8.20. The first-order valence-electron chi connectivity index (χ1n) is 9.94. The smallest absolute Gasteiger partial charge is 0.308 e. The highest BCUT2D eigenvalue weighted by molar-refractivity contribution is 6.22. The number of carbonyl (C=O) groups is 3. The van der Waals surface area contributed by atoms with Gasteiger partial charge in [-0.25, -0.2) is 0 Å². The first-order chi connectivity index (χ1) is 13.1. The third kappa shape index (κ3) is 2.40. The number of nitrogens with zero attached hydrogens (tertiary/aromatic N) is 1. The van der Waals surface area contributed by atoms with Gasteiger partial charge in [-0.05, 0) is 74.6 Å². The summed E-state index contributed by atoms with van der Waals surface area (Å²) in [5.74, 6) is 0.102. The molecule has 1 aliphatic heterocycles. The van der Waals surface area contributed by atoms with Crippen molar-refractivity contribution >= 4 is 23.5 Å². The minimum absolute atomic E-state index is 0.0411. The lowest BCUT2D eigenvalue weighted by atomic mass is 9.66. The van der Waals surface area contributed by atoms with Gasteiger partial charge >= 0.3 is 5.97 Å². The maximum Gasteiger partial charge on any atom is 0.308 e. The highest BCUT2D eigenvalue weighted by atomic mass is 16.5. The summed E-state index contributed by atoms with van der Waals surface area (Å²) in [4.78, 5) is 39.2. The van der Waals surface area contributed by atoms with E-state index in [0.717, 1.165) is 38.5 Å². The Balaban J connectivity index is 1.50. The topological polar surface area (TPSA) is 63.7 Å². The lowest BCUT2D eigenvalue weighted by Gasteiger charge is -2.34.